The van der Waals surface area contributed by atoms with E-state index in [1.165, 1.54) is 11.7 Å². The molecule has 1 aliphatic heterocycles. The lowest BCUT2D eigenvalue weighted by molar-refractivity contribution is 0.0689. The molecule has 6 nitrogen and oxygen atoms in total. The molecule has 0 fully saturated rings. The number of carbonyl (C=O) groups excluding carboxylic acids is 2. The number of anilines is 1. The smallest absolute Gasteiger partial charge is 0.281 e. The van der Waals surface area contributed by atoms with E-state index in [4.69, 9.17) is 5.73 Å². The molecule has 0 bridgehead atoms. The summed E-state index contributed by atoms with van der Waals surface area (Å²) in [5.41, 5.74) is 5.93. The summed E-state index contributed by atoms with van der Waals surface area (Å²) in [7, 11) is 3.00. The Kier molecular flexibility index (Phi) is 1.25. The minimum atomic E-state index is -0.396. The molecule has 6 heteroatoms. The number of aryl methyl sites for hydroxylation is 1. The fraction of sp³-hybridized carbons (Fsp3) is 0.286. The third kappa shape index (κ3) is 0.742. The van der Waals surface area contributed by atoms with E-state index in [1.807, 2.05) is 0 Å². The van der Waals surface area contributed by atoms with Crippen LogP contribution in [0.25, 0.3) is 0 Å². The molecule has 0 saturated heterocycles. The Balaban J connectivity index is 2.72. The molecule has 68 valence electrons. The van der Waals surface area contributed by atoms with Crippen LogP contribution in [-0.2, 0) is 7.05 Å². The van der Waals surface area contributed by atoms with Crippen LogP contribution in [0.1, 0.15) is 20.8 Å². The van der Waals surface area contributed by atoms with Gasteiger partial charge in [-0.1, -0.05) is 0 Å². The van der Waals surface area contributed by atoms with Crippen LogP contribution in [0.5, 0.6) is 0 Å². The Bertz CT molecular complexity index is 420. The molecule has 2 amide bonds. The summed E-state index contributed by atoms with van der Waals surface area (Å²) in [6, 6.07) is 0. The van der Waals surface area contributed by atoms with Crippen molar-refractivity contribution in [1.82, 2.24) is 14.7 Å². The van der Waals surface area contributed by atoms with E-state index < -0.39 is 5.91 Å². The minimum Gasteiger partial charge on any atom is -0.383 e. The summed E-state index contributed by atoms with van der Waals surface area (Å²) in [6.07, 6.45) is 0. The number of nitrogen functional groups attached to an aromatic ring is 1. The van der Waals surface area contributed by atoms with Crippen molar-refractivity contribution in [1.29, 1.82) is 0 Å². The van der Waals surface area contributed by atoms with E-state index in [0.717, 1.165) is 4.90 Å². The van der Waals surface area contributed by atoms with E-state index in [1.54, 1.807) is 7.05 Å². The summed E-state index contributed by atoms with van der Waals surface area (Å²) in [4.78, 5) is 23.8. The van der Waals surface area contributed by atoms with Gasteiger partial charge in [-0.05, 0) is 0 Å². The molecule has 1 aromatic heterocycles. The van der Waals surface area contributed by atoms with Gasteiger partial charge in [0, 0.05) is 14.1 Å². The Morgan fingerprint density at radius 1 is 1.23 bits per heavy atom. The Hall–Kier alpha value is -1.85. The lowest BCUT2D eigenvalue weighted by atomic mass is 10.3. The molecule has 0 unspecified atom stereocenters. The van der Waals surface area contributed by atoms with Gasteiger partial charge in [-0.15, -0.1) is 0 Å². The summed E-state index contributed by atoms with van der Waals surface area (Å²) in [6.45, 7) is 0. The van der Waals surface area contributed by atoms with Gasteiger partial charge in [0.05, 0.1) is 0 Å². The van der Waals surface area contributed by atoms with E-state index >= 15 is 0 Å². The largest absolute Gasteiger partial charge is 0.383 e. The van der Waals surface area contributed by atoms with E-state index in [0.29, 0.717) is 0 Å². The number of hydrogen-bond donors (Lipinski definition) is 1. The first kappa shape index (κ1) is 7.78. The molecule has 0 spiro atoms. The van der Waals surface area contributed by atoms with Crippen molar-refractivity contribution < 1.29 is 9.59 Å². The Morgan fingerprint density at radius 2 is 1.85 bits per heavy atom. The Morgan fingerprint density at radius 3 is 2.38 bits per heavy atom. The number of amides is 2. The highest BCUT2D eigenvalue weighted by Gasteiger charge is 2.38. The first-order chi connectivity index (χ1) is 6.04. The third-order valence-electron chi connectivity index (χ3n) is 2.12. The van der Waals surface area contributed by atoms with Gasteiger partial charge in [0.15, 0.2) is 5.69 Å². The summed E-state index contributed by atoms with van der Waals surface area (Å²) < 4.78 is 1.33. The average Bonchev–Trinajstić information content (AvgIpc) is 2.48. The van der Waals surface area contributed by atoms with Crippen LogP contribution in [0, 0.1) is 0 Å². The average molecular weight is 180 g/mol. The van der Waals surface area contributed by atoms with Crippen LogP contribution < -0.4 is 5.73 Å². The first-order valence-corrected chi connectivity index (χ1v) is 3.69. The summed E-state index contributed by atoms with van der Waals surface area (Å²) >= 11 is 0. The van der Waals surface area contributed by atoms with Gasteiger partial charge in [-0.2, -0.15) is 5.10 Å². The van der Waals surface area contributed by atoms with Crippen LogP contribution in [-0.4, -0.2) is 33.5 Å². The van der Waals surface area contributed by atoms with Crippen molar-refractivity contribution >= 4 is 17.6 Å². The maximum atomic E-state index is 11.4. The maximum Gasteiger partial charge on any atom is 0.281 e. The highest BCUT2D eigenvalue weighted by atomic mass is 16.2. The SMILES string of the molecule is CN1C(=O)c2nn(C)c(N)c2C1=O. The van der Waals surface area contributed by atoms with E-state index in [2.05, 4.69) is 5.10 Å². The number of fused-ring (bicyclic) bond motifs is 1. The molecule has 0 atom stereocenters. The van der Waals surface area contributed by atoms with Crippen LogP contribution in [0.3, 0.4) is 0 Å². The molecule has 0 saturated carbocycles. The van der Waals surface area contributed by atoms with Crippen molar-refractivity contribution in [3.63, 3.8) is 0 Å². The topological polar surface area (TPSA) is 81.2 Å². The number of imide groups is 1. The maximum absolute atomic E-state index is 11.4. The molecular weight excluding hydrogens is 172 g/mol. The quantitative estimate of drug-likeness (QED) is 0.531. The molecule has 0 radical (unpaired) electrons. The lowest BCUT2D eigenvalue weighted by Crippen LogP contribution is -2.26. The fourth-order valence-corrected chi connectivity index (χ4v) is 1.32. The molecule has 13 heavy (non-hydrogen) atoms. The standard InChI is InChI=1S/C7H8N4O2/c1-10-6(12)3-4(7(10)13)9-11(2)5(3)8/h8H2,1-2H3. The molecular formula is C7H8N4O2. The second-order valence-corrected chi connectivity index (χ2v) is 2.90. The number of aromatic nitrogens is 2. The van der Waals surface area contributed by atoms with Crippen molar-refractivity contribution in [2.24, 2.45) is 7.05 Å². The van der Waals surface area contributed by atoms with E-state index in [9.17, 15) is 9.59 Å². The van der Waals surface area contributed by atoms with Crippen molar-refractivity contribution in [3.8, 4) is 0 Å². The second-order valence-electron chi connectivity index (χ2n) is 2.90. The molecule has 2 rings (SSSR count). The van der Waals surface area contributed by atoms with Crippen LogP contribution >= 0.6 is 0 Å². The fourth-order valence-electron chi connectivity index (χ4n) is 1.32. The monoisotopic (exact) mass is 180 g/mol. The normalized spacial score (nSPS) is 15.4. The van der Waals surface area contributed by atoms with Gasteiger partial charge in [0.1, 0.15) is 11.4 Å². The van der Waals surface area contributed by atoms with Gasteiger partial charge in [-0.25, -0.2) is 0 Å². The van der Waals surface area contributed by atoms with Crippen LogP contribution in [0.4, 0.5) is 5.82 Å². The molecule has 0 aliphatic carbocycles. The molecule has 2 N–H and O–H groups in total. The number of carbonyl (C=O) groups is 2. The van der Waals surface area contributed by atoms with Crippen LogP contribution in [0.2, 0.25) is 0 Å². The predicted octanol–water partition coefficient (Wildman–Crippen LogP) is -0.772. The van der Waals surface area contributed by atoms with Gasteiger partial charge in [0.2, 0.25) is 0 Å². The number of rotatable bonds is 0. The second kappa shape index (κ2) is 2.09. The van der Waals surface area contributed by atoms with E-state index in [-0.39, 0.29) is 23.0 Å². The zero-order valence-electron chi connectivity index (χ0n) is 7.24. The van der Waals surface area contributed by atoms with Gasteiger partial charge < -0.3 is 5.73 Å². The third-order valence-corrected chi connectivity index (χ3v) is 2.12. The zero-order valence-corrected chi connectivity index (χ0v) is 7.24. The Labute approximate surface area is 73.9 Å². The summed E-state index contributed by atoms with van der Waals surface area (Å²) in [5.74, 6) is -0.546. The van der Waals surface area contributed by atoms with Crippen molar-refractivity contribution in [2.45, 2.75) is 0 Å². The van der Waals surface area contributed by atoms with Crippen LogP contribution in [0.15, 0.2) is 0 Å². The molecule has 1 aromatic rings. The number of nitrogens with two attached hydrogens (primary N) is 1. The van der Waals surface area contributed by atoms with Crippen molar-refractivity contribution in [2.75, 3.05) is 12.8 Å². The first-order valence-electron chi connectivity index (χ1n) is 3.69. The molecule has 2 heterocycles. The summed E-state index contributed by atoms with van der Waals surface area (Å²) in [5, 5.41) is 3.85. The molecule has 1 aliphatic rings. The zero-order chi connectivity index (χ0) is 9.75. The minimum absolute atomic E-state index is 0.146. The number of nitrogens with zero attached hydrogens (tertiary/aromatic N) is 3. The highest BCUT2D eigenvalue weighted by molar-refractivity contribution is 6.22. The van der Waals surface area contributed by atoms with Gasteiger partial charge in [0.25, 0.3) is 11.8 Å². The lowest BCUT2D eigenvalue weighted by Gasteiger charge is -2.05. The molecule has 0 aromatic carbocycles. The van der Waals surface area contributed by atoms with Crippen molar-refractivity contribution in [3.05, 3.63) is 11.3 Å². The van der Waals surface area contributed by atoms with Gasteiger partial charge >= 0.3 is 0 Å². The number of hydrogen-bond acceptors (Lipinski definition) is 4. The highest BCUT2D eigenvalue weighted by Crippen LogP contribution is 2.25. The van der Waals surface area contributed by atoms with Gasteiger partial charge in [-0.3, -0.25) is 19.2 Å². The predicted molar refractivity (Wildman–Crippen MR) is 44.0 cm³/mol.